The summed E-state index contributed by atoms with van der Waals surface area (Å²) in [6.07, 6.45) is 3.57. The molecule has 2 atom stereocenters. The summed E-state index contributed by atoms with van der Waals surface area (Å²) < 4.78 is 7.32. The molecule has 7 nitrogen and oxygen atoms in total. The van der Waals surface area contributed by atoms with Gasteiger partial charge in [-0.3, -0.25) is 9.67 Å². The Hall–Kier alpha value is -2.46. The molecule has 0 spiro atoms. The maximum Gasteiger partial charge on any atom is 0.103 e. The van der Waals surface area contributed by atoms with Crippen LogP contribution in [0.15, 0.2) is 18.5 Å². The molecule has 1 saturated heterocycles. The van der Waals surface area contributed by atoms with E-state index >= 15 is 0 Å². The van der Waals surface area contributed by atoms with E-state index in [-0.39, 0.29) is 12.0 Å². The zero-order valence-electron chi connectivity index (χ0n) is 12.9. The molecule has 3 heterocycles. The maximum absolute atomic E-state index is 9.31. The van der Waals surface area contributed by atoms with Gasteiger partial charge < -0.3 is 9.64 Å². The highest BCUT2D eigenvalue weighted by atomic mass is 16.5. The first-order chi connectivity index (χ1) is 10.6. The van der Waals surface area contributed by atoms with Crippen molar-refractivity contribution in [3.05, 3.63) is 35.4 Å². The van der Waals surface area contributed by atoms with Gasteiger partial charge in [-0.1, -0.05) is 5.21 Å². The van der Waals surface area contributed by atoms with E-state index in [1.807, 2.05) is 26.2 Å². The smallest absolute Gasteiger partial charge is 0.103 e. The Bertz CT molecular complexity index is 719. The van der Waals surface area contributed by atoms with E-state index in [1.54, 1.807) is 18.0 Å². The van der Waals surface area contributed by atoms with Gasteiger partial charge in [-0.2, -0.15) is 5.26 Å². The summed E-state index contributed by atoms with van der Waals surface area (Å²) in [7, 11) is 3.56. The van der Waals surface area contributed by atoms with Gasteiger partial charge in [0.2, 0.25) is 0 Å². The van der Waals surface area contributed by atoms with Crippen molar-refractivity contribution in [2.45, 2.75) is 18.9 Å². The number of ether oxygens (including phenoxy) is 1. The minimum absolute atomic E-state index is 0.0247. The average Bonchev–Trinajstić information content (AvgIpc) is 3.12. The molecule has 0 N–H and O–H groups in total. The Kier molecular flexibility index (Phi) is 3.77. The number of nitriles is 1. The number of pyridine rings is 1. The van der Waals surface area contributed by atoms with Crippen molar-refractivity contribution in [2.24, 2.45) is 7.05 Å². The second-order valence-corrected chi connectivity index (χ2v) is 5.56. The van der Waals surface area contributed by atoms with E-state index in [2.05, 4.69) is 26.3 Å². The third kappa shape index (κ3) is 2.53. The van der Waals surface area contributed by atoms with E-state index in [4.69, 9.17) is 4.74 Å². The number of aryl methyl sites for hydroxylation is 2. The van der Waals surface area contributed by atoms with Crippen molar-refractivity contribution < 1.29 is 4.74 Å². The number of anilines is 1. The molecule has 1 aliphatic rings. The molecule has 0 radical (unpaired) electrons. The third-order valence-corrected chi connectivity index (χ3v) is 4.05. The molecule has 0 aliphatic carbocycles. The molecule has 0 unspecified atom stereocenters. The summed E-state index contributed by atoms with van der Waals surface area (Å²) in [6.45, 7) is 3.39. The highest BCUT2D eigenvalue weighted by Gasteiger charge is 2.36. The molecule has 2 aromatic rings. The van der Waals surface area contributed by atoms with Crippen molar-refractivity contribution in [1.82, 2.24) is 20.0 Å². The molecule has 1 fully saturated rings. The van der Waals surface area contributed by atoms with Crippen LogP contribution in [0, 0.1) is 18.3 Å². The first-order valence-corrected chi connectivity index (χ1v) is 7.13. The van der Waals surface area contributed by atoms with E-state index in [0.717, 1.165) is 30.2 Å². The lowest BCUT2D eigenvalue weighted by Gasteiger charge is -2.19. The average molecular weight is 298 g/mol. The molecule has 1 aliphatic heterocycles. The van der Waals surface area contributed by atoms with Crippen molar-refractivity contribution in [3.8, 4) is 6.07 Å². The van der Waals surface area contributed by atoms with Gasteiger partial charge in [0.15, 0.2) is 0 Å². The molecular formula is C15H18N6O. The molecule has 0 aromatic carbocycles. The maximum atomic E-state index is 9.31. The Labute approximate surface area is 129 Å². The number of nitrogens with zero attached hydrogens (tertiary/aromatic N) is 6. The Morgan fingerprint density at radius 2 is 2.23 bits per heavy atom. The lowest BCUT2D eigenvalue weighted by Crippen LogP contribution is -2.23. The molecule has 114 valence electrons. The molecule has 3 rings (SSSR count). The van der Waals surface area contributed by atoms with Crippen molar-refractivity contribution in [1.29, 1.82) is 5.26 Å². The van der Waals surface area contributed by atoms with Crippen LogP contribution < -0.4 is 4.90 Å². The topological polar surface area (TPSA) is 79.9 Å². The fourth-order valence-electron chi connectivity index (χ4n) is 2.92. The van der Waals surface area contributed by atoms with Crippen LogP contribution in [0.25, 0.3) is 0 Å². The van der Waals surface area contributed by atoms with Crippen molar-refractivity contribution >= 4 is 5.69 Å². The van der Waals surface area contributed by atoms with Gasteiger partial charge in [-0.15, -0.1) is 5.10 Å². The Morgan fingerprint density at radius 1 is 1.41 bits per heavy atom. The summed E-state index contributed by atoms with van der Waals surface area (Å²) >= 11 is 0. The monoisotopic (exact) mass is 298 g/mol. The van der Waals surface area contributed by atoms with Crippen LogP contribution in [0.2, 0.25) is 0 Å². The summed E-state index contributed by atoms with van der Waals surface area (Å²) in [5.41, 5.74) is 3.30. The lowest BCUT2D eigenvalue weighted by molar-refractivity contribution is 0.105. The standard InChI is InChI=1S/C15H18N6O/c1-10-4-14(11(5-16)6-17-10)21-7-12(15(9-21)22-3)13-8-20(2)19-18-13/h4,6,8,12,15H,7,9H2,1-3H3/t12-,15+/m0/s1. The van der Waals surface area contributed by atoms with Crippen LogP contribution in [0.3, 0.4) is 0 Å². The molecule has 0 saturated carbocycles. The molecular weight excluding hydrogens is 280 g/mol. The lowest BCUT2D eigenvalue weighted by atomic mass is 10.0. The minimum Gasteiger partial charge on any atom is -0.379 e. The first-order valence-electron chi connectivity index (χ1n) is 7.13. The molecule has 2 aromatic heterocycles. The van der Waals surface area contributed by atoms with Gasteiger partial charge in [0.05, 0.1) is 29.0 Å². The fourth-order valence-corrected chi connectivity index (χ4v) is 2.92. The highest BCUT2D eigenvalue weighted by Crippen LogP contribution is 2.33. The van der Waals surface area contributed by atoms with Crippen LogP contribution in [0.4, 0.5) is 5.69 Å². The van der Waals surface area contributed by atoms with Gasteiger partial charge in [0, 0.05) is 45.3 Å². The highest BCUT2D eigenvalue weighted by molar-refractivity contribution is 5.60. The van der Waals surface area contributed by atoms with Gasteiger partial charge >= 0.3 is 0 Å². The zero-order valence-corrected chi connectivity index (χ0v) is 12.9. The quantitative estimate of drug-likeness (QED) is 0.841. The zero-order chi connectivity index (χ0) is 15.7. The summed E-state index contributed by atoms with van der Waals surface area (Å²) in [6, 6.07) is 4.16. The summed E-state index contributed by atoms with van der Waals surface area (Å²) in [4.78, 5) is 6.36. The molecule has 0 bridgehead atoms. The Morgan fingerprint density at radius 3 is 2.86 bits per heavy atom. The van der Waals surface area contributed by atoms with E-state index in [0.29, 0.717) is 5.56 Å². The SMILES string of the molecule is CO[C@@H]1CN(c2cc(C)ncc2C#N)C[C@H]1c1cn(C)nn1. The van der Waals surface area contributed by atoms with Gasteiger partial charge in [-0.25, -0.2) is 0 Å². The van der Waals surface area contributed by atoms with Crippen molar-refractivity contribution in [2.75, 3.05) is 25.1 Å². The molecule has 7 heteroatoms. The van der Waals surface area contributed by atoms with Gasteiger partial charge in [0.25, 0.3) is 0 Å². The predicted octanol–water partition coefficient (Wildman–Crippen LogP) is 1.01. The number of aromatic nitrogens is 4. The number of hydrogen-bond donors (Lipinski definition) is 0. The minimum atomic E-state index is 0.0247. The number of rotatable bonds is 3. The first kappa shape index (κ1) is 14.5. The van der Waals surface area contributed by atoms with Crippen LogP contribution in [0.1, 0.15) is 22.9 Å². The van der Waals surface area contributed by atoms with Crippen LogP contribution in [-0.2, 0) is 11.8 Å². The second-order valence-electron chi connectivity index (χ2n) is 5.56. The van der Waals surface area contributed by atoms with Crippen molar-refractivity contribution in [3.63, 3.8) is 0 Å². The van der Waals surface area contributed by atoms with E-state index in [1.165, 1.54) is 0 Å². The van der Waals surface area contributed by atoms with Gasteiger partial charge in [-0.05, 0) is 13.0 Å². The number of hydrogen-bond acceptors (Lipinski definition) is 6. The van der Waals surface area contributed by atoms with Crippen LogP contribution >= 0.6 is 0 Å². The van der Waals surface area contributed by atoms with Gasteiger partial charge in [0.1, 0.15) is 6.07 Å². The summed E-state index contributed by atoms with van der Waals surface area (Å²) in [5.74, 6) is 0.138. The predicted molar refractivity (Wildman–Crippen MR) is 80.4 cm³/mol. The largest absolute Gasteiger partial charge is 0.379 e. The van der Waals surface area contributed by atoms with Crippen LogP contribution in [-0.4, -0.2) is 46.3 Å². The Balaban J connectivity index is 1.92. The molecule has 22 heavy (non-hydrogen) atoms. The molecule has 0 amide bonds. The summed E-state index contributed by atoms with van der Waals surface area (Å²) in [5, 5.41) is 17.5. The van der Waals surface area contributed by atoms with E-state index < -0.39 is 0 Å². The van der Waals surface area contributed by atoms with Crippen LogP contribution in [0.5, 0.6) is 0 Å². The number of methoxy groups -OCH3 is 1. The second kappa shape index (κ2) is 5.73. The van der Waals surface area contributed by atoms with E-state index in [9.17, 15) is 5.26 Å². The third-order valence-electron chi connectivity index (χ3n) is 4.05. The fraction of sp³-hybridized carbons (Fsp3) is 0.467. The normalized spacial score (nSPS) is 21.1.